The normalized spacial score (nSPS) is 10.5. The minimum absolute atomic E-state index is 0.234. The zero-order valence-corrected chi connectivity index (χ0v) is 14.2. The van der Waals surface area contributed by atoms with Gasteiger partial charge >= 0.3 is 0 Å². The number of rotatable bonds is 3. The van der Waals surface area contributed by atoms with E-state index >= 15 is 0 Å². The number of carbonyl (C=O) groups is 1. The molecule has 1 aromatic heterocycles. The number of amides is 1. The van der Waals surface area contributed by atoms with Gasteiger partial charge in [0.2, 0.25) is 0 Å². The Morgan fingerprint density at radius 1 is 1.09 bits per heavy atom. The number of anilines is 1. The first-order valence-corrected chi connectivity index (χ1v) is 8.23. The topological polar surface area (TPSA) is 54.9 Å². The number of aromatic nitrogens is 2. The van der Waals surface area contributed by atoms with Crippen LogP contribution in [-0.4, -0.2) is 15.5 Å². The molecule has 110 valence electrons. The summed E-state index contributed by atoms with van der Waals surface area (Å²) in [6.07, 6.45) is 0. The fourth-order valence-electron chi connectivity index (χ4n) is 1.86. The molecule has 0 atom stereocenters. The van der Waals surface area contributed by atoms with Crippen LogP contribution in [0, 0.1) is 0 Å². The molecule has 0 aliphatic rings. The highest BCUT2D eigenvalue weighted by Gasteiger charge is 2.18. The van der Waals surface area contributed by atoms with Gasteiger partial charge in [0, 0.05) is 20.7 Å². The molecule has 1 heterocycles. The van der Waals surface area contributed by atoms with Gasteiger partial charge in [0.25, 0.3) is 5.91 Å². The van der Waals surface area contributed by atoms with Gasteiger partial charge in [0.15, 0.2) is 0 Å². The third-order valence-electron chi connectivity index (χ3n) is 2.91. The zero-order valence-electron chi connectivity index (χ0n) is 11.1. The molecule has 0 unspecified atom stereocenters. The third kappa shape index (κ3) is 3.35. The van der Waals surface area contributed by atoms with Gasteiger partial charge in [-0.25, -0.2) is 0 Å². The van der Waals surface area contributed by atoms with Crippen molar-refractivity contribution in [2.75, 3.05) is 5.32 Å². The van der Waals surface area contributed by atoms with Crippen molar-refractivity contribution in [3.05, 3.63) is 62.9 Å². The Balaban J connectivity index is 1.86. The summed E-state index contributed by atoms with van der Waals surface area (Å²) in [5.41, 5.74) is 2.07. The van der Waals surface area contributed by atoms with E-state index in [1.807, 2.05) is 36.4 Å². The lowest BCUT2D eigenvalue weighted by molar-refractivity contribution is 0.103. The molecule has 1 N–H and O–H groups in total. The molecule has 4 nitrogen and oxygen atoms in total. The second-order valence-corrected chi connectivity index (χ2v) is 6.52. The van der Waals surface area contributed by atoms with Crippen LogP contribution in [0.15, 0.2) is 53.0 Å². The van der Waals surface area contributed by atoms with E-state index in [-0.39, 0.29) is 5.91 Å². The minimum atomic E-state index is -0.234. The molecule has 1 amide bonds. The monoisotopic (exact) mass is 393 g/mol. The molecule has 0 aliphatic heterocycles. The van der Waals surface area contributed by atoms with E-state index in [2.05, 4.69) is 30.8 Å². The van der Waals surface area contributed by atoms with Crippen molar-refractivity contribution < 1.29 is 4.79 Å². The van der Waals surface area contributed by atoms with Crippen LogP contribution < -0.4 is 5.32 Å². The second kappa shape index (κ2) is 6.56. The first kappa shape index (κ1) is 15.1. The molecule has 0 bridgehead atoms. The summed E-state index contributed by atoms with van der Waals surface area (Å²) >= 11 is 10.3. The minimum Gasteiger partial charge on any atom is -0.321 e. The predicted molar refractivity (Wildman–Crippen MR) is 92.5 cm³/mol. The maximum absolute atomic E-state index is 12.4. The third-order valence-corrected chi connectivity index (χ3v) is 4.42. The van der Waals surface area contributed by atoms with Gasteiger partial charge in [0.1, 0.15) is 10.6 Å². The van der Waals surface area contributed by atoms with E-state index < -0.39 is 0 Å². The number of benzene rings is 2. The van der Waals surface area contributed by atoms with Crippen LogP contribution in [0.4, 0.5) is 5.69 Å². The van der Waals surface area contributed by atoms with Gasteiger partial charge in [-0.3, -0.25) is 4.79 Å². The summed E-state index contributed by atoms with van der Waals surface area (Å²) in [5, 5.41) is 7.52. The average molecular weight is 395 g/mol. The van der Waals surface area contributed by atoms with Crippen molar-refractivity contribution in [1.29, 1.82) is 0 Å². The van der Waals surface area contributed by atoms with Crippen molar-refractivity contribution in [3.63, 3.8) is 0 Å². The summed E-state index contributed by atoms with van der Waals surface area (Å²) in [7, 11) is 0. The maximum Gasteiger partial charge on any atom is 0.269 e. The fraction of sp³-hybridized carbons (Fsp3) is 0. The summed E-state index contributed by atoms with van der Waals surface area (Å²) in [6, 6.07) is 14.5. The van der Waals surface area contributed by atoms with Crippen LogP contribution in [0.5, 0.6) is 0 Å². The number of nitrogens with zero attached hydrogens (tertiary/aromatic N) is 2. The summed E-state index contributed by atoms with van der Waals surface area (Å²) in [4.78, 5) is 12.9. The van der Waals surface area contributed by atoms with E-state index in [0.717, 1.165) is 21.6 Å². The lowest BCUT2D eigenvalue weighted by Gasteiger charge is -2.05. The van der Waals surface area contributed by atoms with E-state index in [1.54, 1.807) is 12.1 Å². The molecule has 0 saturated heterocycles. The molecule has 0 fully saturated rings. The smallest absolute Gasteiger partial charge is 0.269 e. The lowest BCUT2D eigenvalue weighted by Crippen LogP contribution is -2.11. The van der Waals surface area contributed by atoms with Crippen LogP contribution in [0.2, 0.25) is 5.02 Å². The van der Waals surface area contributed by atoms with Gasteiger partial charge in [-0.1, -0.05) is 44.2 Å². The molecular formula is C15H9BrClN3OS. The number of carbonyl (C=O) groups excluding carboxylic acids is 1. The fourth-order valence-corrected chi connectivity index (χ4v) is 2.83. The molecular weight excluding hydrogens is 386 g/mol. The van der Waals surface area contributed by atoms with Gasteiger partial charge in [-0.05, 0) is 47.9 Å². The van der Waals surface area contributed by atoms with E-state index in [0.29, 0.717) is 21.3 Å². The van der Waals surface area contributed by atoms with Crippen molar-refractivity contribution >= 4 is 50.7 Å². The van der Waals surface area contributed by atoms with Crippen molar-refractivity contribution in [2.45, 2.75) is 0 Å². The quantitative estimate of drug-likeness (QED) is 0.689. The molecule has 2 aromatic carbocycles. The maximum atomic E-state index is 12.4. The highest BCUT2D eigenvalue weighted by atomic mass is 79.9. The summed E-state index contributed by atoms with van der Waals surface area (Å²) in [6.45, 7) is 0. The number of hydrogen-bond acceptors (Lipinski definition) is 4. The van der Waals surface area contributed by atoms with Gasteiger partial charge in [0.05, 0.1) is 0 Å². The molecule has 0 aliphatic carbocycles. The summed E-state index contributed by atoms with van der Waals surface area (Å²) in [5.74, 6) is -0.234. The Hall–Kier alpha value is -1.76. The Labute approximate surface area is 144 Å². The number of nitrogens with one attached hydrogen (secondary N) is 1. The zero-order chi connectivity index (χ0) is 15.5. The second-order valence-electron chi connectivity index (χ2n) is 4.42. The largest absolute Gasteiger partial charge is 0.321 e. The van der Waals surface area contributed by atoms with Crippen molar-refractivity contribution in [3.8, 4) is 11.3 Å². The van der Waals surface area contributed by atoms with Crippen LogP contribution in [0.3, 0.4) is 0 Å². The standard InChI is InChI=1S/C15H9BrClN3OS/c16-10-3-7-12(8-4-10)18-15(21)14-13(19-20-22-14)9-1-5-11(17)6-2-9/h1-8H,(H,18,21). The number of hydrogen-bond donors (Lipinski definition) is 1. The Morgan fingerprint density at radius 2 is 1.77 bits per heavy atom. The highest BCUT2D eigenvalue weighted by Crippen LogP contribution is 2.26. The van der Waals surface area contributed by atoms with Crippen LogP contribution in [0.1, 0.15) is 9.67 Å². The first-order chi connectivity index (χ1) is 10.6. The predicted octanol–water partition coefficient (Wildman–Crippen LogP) is 4.87. The molecule has 0 radical (unpaired) electrons. The Morgan fingerprint density at radius 3 is 2.45 bits per heavy atom. The van der Waals surface area contributed by atoms with Crippen LogP contribution >= 0.6 is 39.1 Å². The van der Waals surface area contributed by atoms with Crippen molar-refractivity contribution in [1.82, 2.24) is 9.59 Å². The average Bonchev–Trinajstić information content (AvgIpc) is 3.00. The van der Waals surface area contributed by atoms with Gasteiger partial charge in [-0.15, -0.1) is 5.10 Å². The van der Waals surface area contributed by atoms with E-state index in [1.165, 1.54) is 0 Å². The molecule has 3 rings (SSSR count). The Bertz CT molecular complexity index is 802. The summed E-state index contributed by atoms with van der Waals surface area (Å²) < 4.78 is 4.84. The molecule has 22 heavy (non-hydrogen) atoms. The first-order valence-electron chi connectivity index (χ1n) is 6.29. The molecule has 3 aromatic rings. The van der Waals surface area contributed by atoms with Crippen LogP contribution in [-0.2, 0) is 0 Å². The van der Waals surface area contributed by atoms with Crippen LogP contribution in [0.25, 0.3) is 11.3 Å². The SMILES string of the molecule is O=C(Nc1ccc(Br)cc1)c1snnc1-c1ccc(Cl)cc1. The van der Waals surface area contributed by atoms with Crippen molar-refractivity contribution in [2.24, 2.45) is 0 Å². The van der Waals surface area contributed by atoms with Gasteiger partial charge in [-0.2, -0.15) is 0 Å². The van der Waals surface area contributed by atoms with E-state index in [9.17, 15) is 4.79 Å². The Kier molecular flexibility index (Phi) is 4.52. The van der Waals surface area contributed by atoms with Gasteiger partial charge < -0.3 is 5.32 Å². The van der Waals surface area contributed by atoms with E-state index in [4.69, 9.17) is 11.6 Å². The highest BCUT2D eigenvalue weighted by molar-refractivity contribution is 9.10. The molecule has 0 spiro atoms. The number of halogens is 2. The molecule has 7 heteroatoms. The lowest BCUT2D eigenvalue weighted by atomic mass is 10.1. The molecule has 0 saturated carbocycles.